The van der Waals surface area contributed by atoms with Gasteiger partial charge in [-0.25, -0.2) is 4.99 Å². The fourth-order valence-corrected chi connectivity index (χ4v) is 3.09. The van der Waals surface area contributed by atoms with Crippen molar-refractivity contribution in [2.24, 2.45) is 10.7 Å². The lowest BCUT2D eigenvalue weighted by Crippen LogP contribution is -2.33. The number of nitrogens with zero attached hydrogens (tertiary/aromatic N) is 1. The number of hydrogen-bond acceptors (Lipinski definition) is 3. The second-order valence-corrected chi connectivity index (χ2v) is 6.02. The van der Waals surface area contributed by atoms with Crippen molar-refractivity contribution in [3.05, 3.63) is 44.3 Å². The Morgan fingerprint density at radius 1 is 1.32 bits per heavy atom. The van der Waals surface area contributed by atoms with E-state index in [0.29, 0.717) is 12.5 Å². The van der Waals surface area contributed by atoms with Gasteiger partial charge in [0, 0.05) is 16.3 Å². The van der Waals surface area contributed by atoms with E-state index in [-0.39, 0.29) is 24.0 Å². The van der Waals surface area contributed by atoms with Crippen LogP contribution in [0.5, 0.6) is 0 Å². The van der Waals surface area contributed by atoms with E-state index in [1.54, 1.807) is 22.7 Å². The van der Waals surface area contributed by atoms with E-state index in [9.17, 15) is 0 Å². The second-order valence-electron chi connectivity index (χ2n) is 3.98. The van der Waals surface area contributed by atoms with Crippen LogP contribution < -0.4 is 11.1 Å². The topological polar surface area (TPSA) is 50.4 Å². The summed E-state index contributed by atoms with van der Waals surface area (Å²) < 4.78 is 0. The SMILES string of the molecule is Cc1ccsc1CN=C(N)NCCc1cccs1.I. The highest BCUT2D eigenvalue weighted by Gasteiger charge is 1.99. The molecule has 0 radical (unpaired) electrons. The highest BCUT2D eigenvalue weighted by molar-refractivity contribution is 14.0. The largest absolute Gasteiger partial charge is 0.370 e. The summed E-state index contributed by atoms with van der Waals surface area (Å²) in [7, 11) is 0. The van der Waals surface area contributed by atoms with Gasteiger partial charge < -0.3 is 11.1 Å². The summed E-state index contributed by atoms with van der Waals surface area (Å²) in [6.07, 6.45) is 0.992. The number of hydrogen-bond donors (Lipinski definition) is 2. The third kappa shape index (κ3) is 5.50. The molecule has 2 aromatic rings. The number of aliphatic imine (C=N–C) groups is 1. The molecule has 0 aliphatic heterocycles. The van der Waals surface area contributed by atoms with Gasteiger partial charge in [0.2, 0.25) is 0 Å². The van der Waals surface area contributed by atoms with Gasteiger partial charge in [0.25, 0.3) is 0 Å². The van der Waals surface area contributed by atoms with Crippen molar-refractivity contribution in [2.75, 3.05) is 6.54 Å². The lowest BCUT2D eigenvalue weighted by atomic mass is 10.3. The molecule has 0 amide bonds. The molecule has 0 saturated heterocycles. The number of thiophene rings is 2. The summed E-state index contributed by atoms with van der Waals surface area (Å²) in [5, 5.41) is 7.32. The average Bonchev–Trinajstić information content (AvgIpc) is 2.98. The quantitative estimate of drug-likeness (QED) is 0.454. The van der Waals surface area contributed by atoms with Crippen LogP contribution in [0.2, 0.25) is 0 Å². The summed E-state index contributed by atoms with van der Waals surface area (Å²) in [5.41, 5.74) is 7.11. The Morgan fingerprint density at radius 2 is 2.16 bits per heavy atom. The normalized spacial score (nSPS) is 11.1. The number of halogens is 1. The molecule has 2 aromatic heterocycles. The first-order valence-corrected chi connectivity index (χ1v) is 7.61. The van der Waals surface area contributed by atoms with E-state index in [1.165, 1.54) is 15.3 Å². The molecular formula is C13H18IN3S2. The van der Waals surface area contributed by atoms with Crippen LogP contribution in [0.15, 0.2) is 34.0 Å². The zero-order valence-corrected chi connectivity index (χ0v) is 14.7. The minimum absolute atomic E-state index is 0. The van der Waals surface area contributed by atoms with Gasteiger partial charge >= 0.3 is 0 Å². The van der Waals surface area contributed by atoms with Crippen molar-refractivity contribution in [3.8, 4) is 0 Å². The van der Waals surface area contributed by atoms with Crippen LogP contribution in [0.1, 0.15) is 15.3 Å². The van der Waals surface area contributed by atoms with Gasteiger partial charge in [0.15, 0.2) is 5.96 Å². The van der Waals surface area contributed by atoms with Crippen LogP contribution >= 0.6 is 46.7 Å². The van der Waals surface area contributed by atoms with E-state index in [0.717, 1.165) is 13.0 Å². The van der Waals surface area contributed by atoms with Crippen LogP contribution in [-0.4, -0.2) is 12.5 Å². The number of nitrogens with one attached hydrogen (secondary N) is 1. The van der Waals surface area contributed by atoms with Gasteiger partial charge in [0.05, 0.1) is 6.54 Å². The van der Waals surface area contributed by atoms with Gasteiger partial charge in [-0.2, -0.15) is 0 Å². The maximum atomic E-state index is 5.83. The van der Waals surface area contributed by atoms with Crippen molar-refractivity contribution in [2.45, 2.75) is 19.9 Å². The Kier molecular flexibility index (Phi) is 7.40. The summed E-state index contributed by atoms with van der Waals surface area (Å²) in [6, 6.07) is 6.31. The van der Waals surface area contributed by atoms with Gasteiger partial charge in [-0.3, -0.25) is 0 Å². The fraction of sp³-hybridized carbons (Fsp3) is 0.308. The first-order chi connectivity index (χ1) is 8.75. The van der Waals surface area contributed by atoms with Crippen molar-refractivity contribution in [1.82, 2.24) is 5.32 Å². The molecule has 0 atom stereocenters. The van der Waals surface area contributed by atoms with Crippen LogP contribution in [0.3, 0.4) is 0 Å². The molecule has 6 heteroatoms. The zero-order valence-electron chi connectivity index (χ0n) is 10.8. The molecule has 2 heterocycles. The van der Waals surface area contributed by atoms with Gasteiger partial charge in [-0.1, -0.05) is 6.07 Å². The molecule has 0 bridgehead atoms. The highest BCUT2D eigenvalue weighted by Crippen LogP contribution is 2.16. The molecule has 0 fully saturated rings. The Balaban J connectivity index is 0.00000180. The molecule has 0 unspecified atom stereocenters. The molecule has 19 heavy (non-hydrogen) atoms. The minimum Gasteiger partial charge on any atom is -0.370 e. The standard InChI is InChI=1S/C13H17N3S2.HI/c1-10-5-8-18-12(10)9-16-13(14)15-6-4-11-3-2-7-17-11;/h2-3,5,7-8H,4,6,9H2,1H3,(H3,14,15,16);1H. The fourth-order valence-electron chi connectivity index (χ4n) is 1.55. The Hall–Kier alpha value is -0.600. The van der Waals surface area contributed by atoms with Gasteiger partial charge in [-0.05, 0) is 41.8 Å². The van der Waals surface area contributed by atoms with E-state index in [2.05, 4.69) is 46.2 Å². The lowest BCUT2D eigenvalue weighted by molar-refractivity contribution is 0.858. The molecule has 2 rings (SSSR count). The van der Waals surface area contributed by atoms with Gasteiger partial charge in [0.1, 0.15) is 0 Å². The molecule has 3 nitrogen and oxygen atoms in total. The molecule has 0 spiro atoms. The average molecular weight is 407 g/mol. The smallest absolute Gasteiger partial charge is 0.188 e. The molecule has 0 aliphatic carbocycles. The van der Waals surface area contributed by atoms with E-state index in [1.807, 2.05) is 0 Å². The lowest BCUT2D eigenvalue weighted by Gasteiger charge is -2.04. The zero-order chi connectivity index (χ0) is 12.8. The number of aryl methyl sites for hydroxylation is 1. The van der Waals surface area contributed by atoms with Crippen molar-refractivity contribution in [3.63, 3.8) is 0 Å². The van der Waals surface area contributed by atoms with Crippen molar-refractivity contribution >= 4 is 52.6 Å². The first-order valence-electron chi connectivity index (χ1n) is 5.85. The third-order valence-electron chi connectivity index (χ3n) is 2.62. The predicted octanol–water partition coefficient (Wildman–Crippen LogP) is 3.38. The number of rotatable bonds is 5. The summed E-state index contributed by atoms with van der Waals surface area (Å²) in [6.45, 7) is 3.60. The summed E-state index contributed by atoms with van der Waals surface area (Å²) in [5.74, 6) is 0.527. The van der Waals surface area contributed by atoms with E-state index < -0.39 is 0 Å². The highest BCUT2D eigenvalue weighted by atomic mass is 127. The second kappa shape index (κ2) is 8.55. The van der Waals surface area contributed by atoms with Crippen LogP contribution in [0.25, 0.3) is 0 Å². The van der Waals surface area contributed by atoms with E-state index >= 15 is 0 Å². The number of guanidine groups is 1. The van der Waals surface area contributed by atoms with E-state index in [4.69, 9.17) is 5.73 Å². The maximum absolute atomic E-state index is 5.83. The maximum Gasteiger partial charge on any atom is 0.188 e. The molecule has 0 aliphatic rings. The van der Waals surface area contributed by atoms with Crippen LogP contribution in [0.4, 0.5) is 0 Å². The summed E-state index contributed by atoms with van der Waals surface area (Å²) >= 11 is 3.49. The Morgan fingerprint density at radius 3 is 2.79 bits per heavy atom. The third-order valence-corrected chi connectivity index (χ3v) is 4.56. The monoisotopic (exact) mass is 407 g/mol. The predicted molar refractivity (Wildman–Crippen MR) is 95.8 cm³/mol. The Bertz CT molecular complexity index is 506. The minimum atomic E-state index is 0. The Labute approximate surface area is 139 Å². The van der Waals surface area contributed by atoms with Crippen LogP contribution in [0, 0.1) is 6.92 Å². The summed E-state index contributed by atoms with van der Waals surface area (Å²) in [4.78, 5) is 6.98. The first kappa shape index (κ1) is 16.5. The molecule has 104 valence electrons. The van der Waals surface area contributed by atoms with Crippen molar-refractivity contribution in [1.29, 1.82) is 0 Å². The molecular weight excluding hydrogens is 389 g/mol. The molecule has 3 N–H and O–H groups in total. The van der Waals surface area contributed by atoms with Crippen LogP contribution in [-0.2, 0) is 13.0 Å². The molecule has 0 saturated carbocycles. The van der Waals surface area contributed by atoms with Gasteiger partial charge in [-0.15, -0.1) is 46.7 Å². The molecule has 0 aromatic carbocycles. The number of nitrogens with two attached hydrogens (primary N) is 1. The van der Waals surface area contributed by atoms with Crippen molar-refractivity contribution < 1.29 is 0 Å².